The molecule has 0 saturated carbocycles. The SMILES string of the molecule is CSCCC(C)NCc1cccc2c1N(C(=O)OC(C)(C)C)CC2. The second kappa shape index (κ2) is 8.26. The minimum Gasteiger partial charge on any atom is -0.443 e. The maximum absolute atomic E-state index is 12.5. The first kappa shape index (κ1) is 19.1. The van der Waals surface area contributed by atoms with Gasteiger partial charge in [0, 0.05) is 19.1 Å². The van der Waals surface area contributed by atoms with E-state index < -0.39 is 5.60 Å². The number of fused-ring (bicyclic) bond motifs is 1. The maximum Gasteiger partial charge on any atom is 0.414 e. The van der Waals surface area contributed by atoms with Gasteiger partial charge in [-0.3, -0.25) is 4.90 Å². The van der Waals surface area contributed by atoms with Gasteiger partial charge in [-0.25, -0.2) is 4.79 Å². The molecule has 0 saturated heterocycles. The number of anilines is 1. The Bertz CT molecular complexity index is 569. The van der Waals surface area contributed by atoms with Gasteiger partial charge in [-0.2, -0.15) is 11.8 Å². The van der Waals surface area contributed by atoms with Gasteiger partial charge in [-0.15, -0.1) is 0 Å². The van der Waals surface area contributed by atoms with Gasteiger partial charge in [0.05, 0.1) is 5.69 Å². The van der Waals surface area contributed by atoms with Crippen LogP contribution in [0.5, 0.6) is 0 Å². The molecular formula is C19H30N2O2S. The summed E-state index contributed by atoms with van der Waals surface area (Å²) in [5, 5.41) is 3.58. The quantitative estimate of drug-likeness (QED) is 0.834. The molecule has 1 aliphatic rings. The summed E-state index contributed by atoms with van der Waals surface area (Å²) in [6.45, 7) is 9.40. The first-order valence-electron chi connectivity index (χ1n) is 8.65. The summed E-state index contributed by atoms with van der Waals surface area (Å²) >= 11 is 1.87. The zero-order chi connectivity index (χ0) is 17.7. The topological polar surface area (TPSA) is 41.6 Å². The van der Waals surface area contributed by atoms with Crippen LogP contribution < -0.4 is 10.2 Å². The molecule has 0 radical (unpaired) electrons. The second-order valence-corrected chi connectivity index (χ2v) is 8.36. The van der Waals surface area contributed by atoms with Gasteiger partial charge >= 0.3 is 6.09 Å². The average molecular weight is 351 g/mol. The first-order valence-corrected chi connectivity index (χ1v) is 10.0. The van der Waals surface area contributed by atoms with E-state index in [2.05, 4.69) is 36.7 Å². The van der Waals surface area contributed by atoms with Crippen molar-refractivity contribution in [1.29, 1.82) is 0 Å². The summed E-state index contributed by atoms with van der Waals surface area (Å²) in [5.41, 5.74) is 2.97. The van der Waals surface area contributed by atoms with E-state index >= 15 is 0 Å². The van der Waals surface area contributed by atoms with E-state index in [4.69, 9.17) is 4.74 Å². The van der Waals surface area contributed by atoms with Crippen molar-refractivity contribution in [2.24, 2.45) is 0 Å². The number of carbonyl (C=O) groups excluding carboxylic acids is 1. The van der Waals surface area contributed by atoms with Crippen molar-refractivity contribution >= 4 is 23.5 Å². The van der Waals surface area contributed by atoms with Crippen molar-refractivity contribution in [3.8, 4) is 0 Å². The van der Waals surface area contributed by atoms with Gasteiger partial charge in [0.15, 0.2) is 0 Å². The molecule has 1 atom stereocenters. The Hall–Kier alpha value is -1.20. The highest BCUT2D eigenvalue weighted by Gasteiger charge is 2.30. The zero-order valence-corrected chi connectivity index (χ0v) is 16.3. The van der Waals surface area contributed by atoms with Crippen molar-refractivity contribution in [1.82, 2.24) is 5.32 Å². The number of amides is 1. The van der Waals surface area contributed by atoms with Crippen molar-refractivity contribution < 1.29 is 9.53 Å². The molecule has 0 spiro atoms. The van der Waals surface area contributed by atoms with Crippen LogP contribution in [0.3, 0.4) is 0 Å². The number of ether oxygens (including phenoxy) is 1. The molecule has 5 heteroatoms. The monoisotopic (exact) mass is 350 g/mol. The summed E-state index contributed by atoms with van der Waals surface area (Å²) in [4.78, 5) is 14.3. The standard InChI is InChI=1S/C19H30N2O2S/c1-14(10-12-24-5)20-13-16-8-6-7-15-9-11-21(17(15)16)18(22)23-19(2,3)4/h6-8,14,20H,9-13H2,1-5H3. The van der Waals surface area contributed by atoms with Gasteiger partial charge in [-0.05, 0) is 63.7 Å². The Morgan fingerprint density at radius 2 is 2.17 bits per heavy atom. The van der Waals surface area contributed by atoms with Crippen LogP contribution in [0.4, 0.5) is 10.5 Å². The lowest BCUT2D eigenvalue weighted by atomic mass is 10.1. The van der Waals surface area contributed by atoms with Crippen LogP contribution >= 0.6 is 11.8 Å². The minimum absolute atomic E-state index is 0.246. The Kier molecular flexibility index (Phi) is 6.58. The van der Waals surface area contributed by atoms with E-state index in [1.807, 2.05) is 32.5 Å². The number of hydrogen-bond donors (Lipinski definition) is 1. The van der Waals surface area contributed by atoms with E-state index in [1.165, 1.54) is 11.1 Å². The number of nitrogens with one attached hydrogen (secondary N) is 1. The lowest BCUT2D eigenvalue weighted by molar-refractivity contribution is 0.0583. The lowest BCUT2D eigenvalue weighted by Crippen LogP contribution is -2.36. The van der Waals surface area contributed by atoms with Crippen LogP contribution in [-0.2, 0) is 17.7 Å². The second-order valence-electron chi connectivity index (χ2n) is 7.37. The fraction of sp³-hybridized carbons (Fsp3) is 0.632. The number of rotatable bonds is 6. The van der Waals surface area contributed by atoms with Crippen LogP contribution in [-0.4, -0.2) is 36.3 Å². The van der Waals surface area contributed by atoms with Crippen LogP contribution in [0.15, 0.2) is 18.2 Å². The van der Waals surface area contributed by atoms with Gasteiger partial charge < -0.3 is 10.1 Å². The molecule has 0 aromatic heterocycles. The van der Waals surface area contributed by atoms with Gasteiger partial charge in [0.25, 0.3) is 0 Å². The van der Waals surface area contributed by atoms with E-state index in [0.717, 1.165) is 30.8 Å². The van der Waals surface area contributed by atoms with Gasteiger partial charge in [-0.1, -0.05) is 18.2 Å². The Morgan fingerprint density at radius 3 is 2.83 bits per heavy atom. The third-order valence-corrected chi connectivity index (χ3v) is 4.73. The smallest absolute Gasteiger partial charge is 0.414 e. The third-order valence-electron chi connectivity index (χ3n) is 4.09. The highest BCUT2D eigenvalue weighted by Crippen LogP contribution is 2.33. The summed E-state index contributed by atoms with van der Waals surface area (Å²) in [7, 11) is 0. The summed E-state index contributed by atoms with van der Waals surface area (Å²) in [5.74, 6) is 1.16. The van der Waals surface area contributed by atoms with Gasteiger partial charge in [0.2, 0.25) is 0 Å². The number of hydrogen-bond acceptors (Lipinski definition) is 4. The van der Waals surface area contributed by atoms with E-state index in [9.17, 15) is 4.79 Å². The third kappa shape index (κ3) is 5.15. The molecule has 1 unspecified atom stereocenters. The molecule has 2 rings (SSSR count). The van der Waals surface area contributed by atoms with E-state index in [1.54, 1.807) is 4.90 Å². The van der Waals surface area contributed by atoms with Gasteiger partial charge in [0.1, 0.15) is 5.60 Å². The number of nitrogens with zero attached hydrogens (tertiary/aromatic N) is 1. The first-order chi connectivity index (χ1) is 11.3. The van der Waals surface area contributed by atoms with Crippen LogP contribution in [0.25, 0.3) is 0 Å². The van der Waals surface area contributed by atoms with Crippen molar-refractivity contribution in [2.75, 3.05) is 23.5 Å². The maximum atomic E-state index is 12.5. The summed E-state index contributed by atoms with van der Waals surface area (Å²) in [6.07, 6.45) is 3.93. The Balaban J connectivity index is 2.10. The highest BCUT2D eigenvalue weighted by atomic mass is 32.2. The predicted molar refractivity (Wildman–Crippen MR) is 103 cm³/mol. The van der Waals surface area contributed by atoms with Crippen LogP contribution in [0, 0.1) is 0 Å². The molecule has 134 valence electrons. The molecule has 0 fully saturated rings. The van der Waals surface area contributed by atoms with Crippen molar-refractivity contribution in [2.45, 2.75) is 58.7 Å². The number of thioether (sulfide) groups is 1. The molecular weight excluding hydrogens is 320 g/mol. The fourth-order valence-corrected chi connectivity index (χ4v) is 3.45. The molecule has 1 amide bonds. The zero-order valence-electron chi connectivity index (χ0n) is 15.5. The molecule has 24 heavy (non-hydrogen) atoms. The fourth-order valence-electron chi connectivity index (χ4n) is 2.86. The molecule has 1 aliphatic heterocycles. The molecule has 1 aromatic carbocycles. The number of benzene rings is 1. The molecule has 4 nitrogen and oxygen atoms in total. The molecule has 1 aromatic rings. The molecule has 0 bridgehead atoms. The van der Waals surface area contributed by atoms with Crippen LogP contribution in [0.2, 0.25) is 0 Å². The highest BCUT2D eigenvalue weighted by molar-refractivity contribution is 7.98. The Labute approximate surface area is 150 Å². The Morgan fingerprint density at radius 1 is 1.42 bits per heavy atom. The molecule has 1 heterocycles. The number of para-hydroxylation sites is 1. The van der Waals surface area contributed by atoms with Crippen molar-refractivity contribution in [3.63, 3.8) is 0 Å². The largest absolute Gasteiger partial charge is 0.443 e. The van der Waals surface area contributed by atoms with E-state index in [-0.39, 0.29) is 6.09 Å². The predicted octanol–water partition coefficient (Wildman–Crippen LogP) is 4.22. The molecule has 0 aliphatic carbocycles. The average Bonchev–Trinajstić information content (AvgIpc) is 2.94. The minimum atomic E-state index is -0.473. The van der Waals surface area contributed by atoms with E-state index in [0.29, 0.717) is 12.6 Å². The lowest BCUT2D eigenvalue weighted by Gasteiger charge is -2.26. The van der Waals surface area contributed by atoms with Crippen LogP contribution in [0.1, 0.15) is 45.2 Å². The normalized spacial score (nSPS) is 15.3. The number of carbonyl (C=O) groups is 1. The summed E-state index contributed by atoms with van der Waals surface area (Å²) < 4.78 is 5.58. The van der Waals surface area contributed by atoms with Crippen molar-refractivity contribution in [3.05, 3.63) is 29.3 Å². The summed E-state index contributed by atoms with van der Waals surface area (Å²) in [6, 6.07) is 6.77. The molecule has 1 N–H and O–H groups in total.